The monoisotopic (exact) mass is 776 g/mol. The van der Waals surface area contributed by atoms with E-state index in [4.69, 9.17) is 0 Å². The molecular weight excluding hydrogens is 725 g/mol. The van der Waals surface area contributed by atoms with Gasteiger partial charge in [-0.1, -0.05) is 200 Å². The Kier molecular flexibility index (Phi) is 11.0. The molecule has 0 unspecified atom stereocenters. The summed E-state index contributed by atoms with van der Waals surface area (Å²) in [7, 11) is 0. The molecule has 5 nitrogen and oxygen atoms in total. The standard InChI is InChI=1S/C54H52N2O3/c57-52-42(38-55-48(40-20-7-1-8-21-40)34-36-50(55)53(58,44-26-11-3-12-27-44)45-28-13-4-14-29-45)24-19-25-43(52)39-56-49(41-22-9-2-10-23-41)35-37-51(56)54(59,46-30-15-5-16-31-46)47-32-17-6-18-33-47/h1-33,48-51,57-59H,34-39H2/t48-,49-,50-,51-/m0/s1. The number of rotatable bonds is 12. The van der Waals surface area contributed by atoms with Gasteiger partial charge in [-0.3, -0.25) is 9.80 Å². The van der Waals surface area contributed by atoms with Crippen LogP contribution in [0.2, 0.25) is 0 Å². The molecule has 7 aromatic carbocycles. The van der Waals surface area contributed by atoms with Gasteiger partial charge in [0.1, 0.15) is 17.0 Å². The van der Waals surface area contributed by atoms with E-state index in [-0.39, 0.29) is 29.9 Å². The van der Waals surface area contributed by atoms with Crippen LogP contribution in [-0.4, -0.2) is 37.2 Å². The molecule has 0 saturated carbocycles. The Labute approximate surface area is 348 Å². The van der Waals surface area contributed by atoms with Gasteiger partial charge in [-0.2, -0.15) is 0 Å². The molecule has 5 heteroatoms. The number of hydrogen-bond donors (Lipinski definition) is 3. The maximum Gasteiger partial charge on any atom is 0.130 e. The van der Waals surface area contributed by atoms with Gasteiger partial charge in [-0.15, -0.1) is 0 Å². The summed E-state index contributed by atoms with van der Waals surface area (Å²) < 4.78 is 0. The Morgan fingerprint density at radius 2 is 0.661 bits per heavy atom. The van der Waals surface area contributed by atoms with Gasteiger partial charge in [0, 0.05) is 48.4 Å². The fourth-order valence-electron chi connectivity index (χ4n) is 10.3. The van der Waals surface area contributed by atoms with Gasteiger partial charge < -0.3 is 15.3 Å². The number of aliphatic hydroxyl groups is 2. The van der Waals surface area contributed by atoms with Crippen LogP contribution in [0, 0.1) is 0 Å². The van der Waals surface area contributed by atoms with Gasteiger partial charge in [0.15, 0.2) is 0 Å². The van der Waals surface area contributed by atoms with Gasteiger partial charge in [0.2, 0.25) is 0 Å². The molecule has 0 amide bonds. The molecule has 3 N–H and O–H groups in total. The van der Waals surface area contributed by atoms with Crippen molar-refractivity contribution in [3.63, 3.8) is 0 Å². The van der Waals surface area contributed by atoms with Crippen molar-refractivity contribution in [3.05, 3.63) is 245 Å². The van der Waals surface area contributed by atoms with Gasteiger partial charge in [0.05, 0.1) is 0 Å². The number of aromatic hydroxyl groups is 1. The van der Waals surface area contributed by atoms with Crippen LogP contribution in [0.1, 0.15) is 82.3 Å². The lowest BCUT2D eigenvalue weighted by Crippen LogP contribution is -2.49. The zero-order valence-corrected chi connectivity index (χ0v) is 33.3. The SMILES string of the molecule is Oc1c(CN2[C@H](C(O)(c3ccccc3)c3ccccc3)CC[C@H]2c2ccccc2)cccc1CN1[C@H](C(O)(c2ccccc2)c2ccccc2)CC[C@H]1c1ccccc1. The average Bonchev–Trinajstić information content (AvgIpc) is 3.94. The summed E-state index contributed by atoms with van der Waals surface area (Å²) in [5, 5.41) is 38.8. The second-order valence-corrected chi connectivity index (χ2v) is 16.3. The highest BCUT2D eigenvalue weighted by molar-refractivity contribution is 5.44. The second kappa shape index (κ2) is 16.8. The molecule has 296 valence electrons. The van der Waals surface area contributed by atoms with Crippen LogP contribution in [0.15, 0.2) is 200 Å². The fraction of sp³-hybridized carbons (Fsp3) is 0.222. The average molecular weight is 777 g/mol. The Hall–Kier alpha value is -5.82. The van der Waals surface area contributed by atoms with E-state index in [1.807, 2.05) is 146 Å². The second-order valence-electron chi connectivity index (χ2n) is 16.3. The van der Waals surface area contributed by atoms with Crippen molar-refractivity contribution in [1.82, 2.24) is 9.80 Å². The first-order valence-electron chi connectivity index (χ1n) is 21.0. The highest BCUT2D eigenvalue weighted by Gasteiger charge is 2.50. The van der Waals surface area contributed by atoms with Crippen LogP contribution in [0.4, 0.5) is 0 Å². The van der Waals surface area contributed by atoms with E-state index >= 15 is 0 Å². The molecule has 7 aromatic rings. The number of phenols is 1. The summed E-state index contributed by atoms with van der Waals surface area (Å²) in [5.74, 6) is 0.258. The molecule has 2 fully saturated rings. The molecule has 0 bridgehead atoms. The maximum atomic E-state index is 13.2. The summed E-state index contributed by atoms with van der Waals surface area (Å²) in [4.78, 5) is 4.84. The van der Waals surface area contributed by atoms with E-state index in [0.29, 0.717) is 13.1 Å². The molecule has 59 heavy (non-hydrogen) atoms. The quantitative estimate of drug-likeness (QED) is 0.115. The van der Waals surface area contributed by atoms with E-state index in [1.165, 1.54) is 11.1 Å². The zero-order chi connectivity index (χ0) is 40.2. The first-order chi connectivity index (χ1) is 29.0. The third-order valence-corrected chi connectivity index (χ3v) is 13.1. The molecule has 0 aliphatic carbocycles. The summed E-state index contributed by atoms with van der Waals surface area (Å²) >= 11 is 0. The van der Waals surface area contributed by atoms with Gasteiger partial charge in [-0.05, 0) is 59.1 Å². The minimum absolute atomic E-state index is 0.0281. The lowest BCUT2D eigenvalue weighted by atomic mass is 9.79. The van der Waals surface area contributed by atoms with E-state index in [2.05, 4.69) is 64.4 Å². The predicted molar refractivity (Wildman–Crippen MR) is 235 cm³/mol. The van der Waals surface area contributed by atoms with Crippen molar-refractivity contribution in [2.24, 2.45) is 0 Å². The van der Waals surface area contributed by atoms with Crippen molar-refractivity contribution >= 4 is 0 Å². The largest absolute Gasteiger partial charge is 0.507 e. The Morgan fingerprint density at radius 3 is 0.966 bits per heavy atom. The molecule has 2 aliphatic heterocycles. The van der Waals surface area contributed by atoms with Crippen LogP contribution in [0.25, 0.3) is 0 Å². The Balaban J connectivity index is 1.12. The lowest BCUT2D eigenvalue weighted by Gasteiger charge is -2.42. The molecule has 4 atom stereocenters. The first kappa shape index (κ1) is 38.7. The van der Waals surface area contributed by atoms with Crippen LogP contribution in [0.5, 0.6) is 5.75 Å². The highest BCUT2D eigenvalue weighted by Crippen LogP contribution is 2.50. The number of nitrogens with zero attached hydrogens (tertiary/aromatic N) is 2. The topological polar surface area (TPSA) is 67.2 Å². The summed E-state index contributed by atoms with van der Waals surface area (Å²) in [5.41, 5.74) is 4.82. The Bertz CT molecular complexity index is 2170. The van der Waals surface area contributed by atoms with Gasteiger partial charge in [-0.25, -0.2) is 0 Å². The van der Waals surface area contributed by atoms with Gasteiger partial charge >= 0.3 is 0 Å². The summed E-state index contributed by atoms with van der Waals surface area (Å²) in [6, 6.07) is 66.9. The van der Waals surface area contributed by atoms with E-state index < -0.39 is 11.2 Å². The van der Waals surface area contributed by atoms with Crippen LogP contribution in [0.3, 0.4) is 0 Å². The number of benzene rings is 7. The minimum Gasteiger partial charge on any atom is -0.507 e. The van der Waals surface area contributed by atoms with Crippen LogP contribution >= 0.6 is 0 Å². The van der Waals surface area contributed by atoms with E-state index in [1.54, 1.807) is 0 Å². The lowest BCUT2D eigenvalue weighted by molar-refractivity contribution is -0.0185. The third kappa shape index (κ3) is 7.30. The number of phenolic OH excluding ortho intramolecular Hbond substituents is 1. The van der Waals surface area contributed by atoms with Crippen LogP contribution < -0.4 is 0 Å². The van der Waals surface area contributed by atoms with E-state index in [9.17, 15) is 15.3 Å². The zero-order valence-electron chi connectivity index (χ0n) is 33.3. The Morgan fingerprint density at radius 1 is 0.373 bits per heavy atom. The number of likely N-dealkylation sites (tertiary alicyclic amines) is 2. The molecule has 2 saturated heterocycles. The number of para-hydroxylation sites is 1. The summed E-state index contributed by atoms with van der Waals surface area (Å²) in [6.45, 7) is 0.880. The molecule has 0 radical (unpaired) electrons. The molecule has 0 aromatic heterocycles. The maximum absolute atomic E-state index is 13.2. The third-order valence-electron chi connectivity index (χ3n) is 13.1. The van der Waals surface area contributed by atoms with Crippen molar-refractivity contribution in [1.29, 1.82) is 0 Å². The molecule has 0 spiro atoms. The smallest absolute Gasteiger partial charge is 0.130 e. The molecular formula is C54H52N2O3. The summed E-state index contributed by atoms with van der Waals surface area (Å²) in [6.07, 6.45) is 3.27. The fourth-order valence-corrected chi connectivity index (χ4v) is 10.3. The van der Waals surface area contributed by atoms with Crippen molar-refractivity contribution < 1.29 is 15.3 Å². The van der Waals surface area contributed by atoms with Crippen LogP contribution in [-0.2, 0) is 24.3 Å². The van der Waals surface area contributed by atoms with Crippen molar-refractivity contribution in [2.75, 3.05) is 0 Å². The van der Waals surface area contributed by atoms with Crippen molar-refractivity contribution in [3.8, 4) is 5.75 Å². The van der Waals surface area contributed by atoms with Gasteiger partial charge in [0.25, 0.3) is 0 Å². The molecule has 2 aliphatic rings. The molecule has 9 rings (SSSR count). The highest BCUT2D eigenvalue weighted by atomic mass is 16.3. The van der Waals surface area contributed by atoms with E-state index in [0.717, 1.165) is 59.1 Å². The minimum atomic E-state index is -1.30. The number of hydrogen-bond acceptors (Lipinski definition) is 5. The van der Waals surface area contributed by atoms with Crippen molar-refractivity contribution in [2.45, 2.75) is 74.1 Å². The first-order valence-corrected chi connectivity index (χ1v) is 21.0. The normalized spacial score (nSPS) is 20.2. The molecule has 2 heterocycles. The predicted octanol–water partition coefficient (Wildman–Crippen LogP) is 10.7.